The SMILES string of the molecule is COc1ccccc1CN(CC(=O)O)C(=O)c1cc2c(c(OC)c1)O[C@](C)(Cc1ccc(Cl)cc1)C2. The molecule has 1 atom stereocenters. The quantitative estimate of drug-likeness (QED) is 0.436. The van der Waals surface area contributed by atoms with E-state index in [2.05, 4.69) is 0 Å². The van der Waals surface area contributed by atoms with E-state index in [0.29, 0.717) is 46.2 Å². The van der Waals surface area contributed by atoms with Gasteiger partial charge in [-0.15, -0.1) is 0 Å². The molecule has 0 spiro atoms. The van der Waals surface area contributed by atoms with Gasteiger partial charge in [-0.3, -0.25) is 9.59 Å². The number of carbonyl (C=O) groups is 2. The fourth-order valence-corrected chi connectivity index (χ4v) is 4.71. The van der Waals surface area contributed by atoms with Crippen molar-refractivity contribution in [3.05, 3.63) is 87.9 Å². The minimum absolute atomic E-state index is 0.0827. The second-order valence-corrected chi connectivity index (χ2v) is 9.50. The molecule has 0 bridgehead atoms. The number of amides is 1. The first-order valence-electron chi connectivity index (χ1n) is 11.5. The van der Waals surface area contributed by atoms with Crippen molar-refractivity contribution in [1.82, 2.24) is 4.90 Å². The molecule has 1 aliphatic heterocycles. The van der Waals surface area contributed by atoms with Crippen LogP contribution in [0.3, 0.4) is 0 Å². The summed E-state index contributed by atoms with van der Waals surface area (Å²) in [5, 5.41) is 10.2. The summed E-state index contributed by atoms with van der Waals surface area (Å²) < 4.78 is 17.3. The Balaban J connectivity index is 1.62. The van der Waals surface area contributed by atoms with Crippen molar-refractivity contribution in [2.24, 2.45) is 0 Å². The number of hydrogen-bond acceptors (Lipinski definition) is 5. The van der Waals surface area contributed by atoms with Crippen molar-refractivity contribution in [2.45, 2.75) is 31.9 Å². The maximum atomic E-state index is 13.5. The fraction of sp³-hybridized carbons (Fsp3) is 0.286. The van der Waals surface area contributed by atoms with Gasteiger partial charge >= 0.3 is 5.97 Å². The summed E-state index contributed by atoms with van der Waals surface area (Å²) in [6, 6.07) is 18.2. The number of halogens is 1. The van der Waals surface area contributed by atoms with Gasteiger partial charge in [-0.05, 0) is 42.8 Å². The molecule has 36 heavy (non-hydrogen) atoms. The molecule has 4 rings (SSSR count). The Hall–Kier alpha value is -3.71. The lowest BCUT2D eigenvalue weighted by Gasteiger charge is -2.24. The van der Waals surface area contributed by atoms with Gasteiger partial charge in [-0.1, -0.05) is 41.9 Å². The highest BCUT2D eigenvalue weighted by Crippen LogP contribution is 2.44. The maximum absolute atomic E-state index is 13.5. The number of benzene rings is 3. The number of hydrogen-bond donors (Lipinski definition) is 1. The van der Waals surface area contributed by atoms with E-state index >= 15 is 0 Å². The highest BCUT2D eigenvalue weighted by molar-refractivity contribution is 6.30. The van der Waals surface area contributed by atoms with Crippen LogP contribution in [0.5, 0.6) is 17.2 Å². The molecule has 7 nitrogen and oxygen atoms in total. The minimum atomic E-state index is -1.11. The normalized spacial score (nSPS) is 16.1. The van der Waals surface area contributed by atoms with E-state index < -0.39 is 24.0 Å². The third-order valence-electron chi connectivity index (χ3n) is 6.17. The van der Waals surface area contributed by atoms with Gasteiger partial charge in [0.25, 0.3) is 5.91 Å². The van der Waals surface area contributed by atoms with Crippen LogP contribution in [0.2, 0.25) is 5.02 Å². The van der Waals surface area contributed by atoms with Crippen LogP contribution in [0.25, 0.3) is 0 Å². The molecule has 3 aromatic carbocycles. The standard InChI is InChI=1S/C28H28ClNO6/c1-28(14-18-8-10-22(29)11-9-18)15-21-12-20(13-24(35-3)26(21)36-28)27(33)30(17-25(31)32)16-19-6-4-5-7-23(19)34-2/h4-13H,14-17H2,1-3H3,(H,31,32)/t28-/m1/s1. The number of aliphatic carboxylic acids is 1. The third kappa shape index (κ3) is 5.57. The van der Waals surface area contributed by atoms with E-state index in [-0.39, 0.29) is 6.54 Å². The van der Waals surface area contributed by atoms with Gasteiger partial charge in [0.15, 0.2) is 11.5 Å². The first-order chi connectivity index (χ1) is 17.2. The molecule has 1 aliphatic rings. The van der Waals surface area contributed by atoms with Crippen LogP contribution in [0.15, 0.2) is 60.7 Å². The summed E-state index contributed by atoms with van der Waals surface area (Å²) in [6.07, 6.45) is 1.21. The zero-order valence-electron chi connectivity index (χ0n) is 20.4. The number of carboxylic acids is 1. The molecular weight excluding hydrogens is 482 g/mol. The average Bonchev–Trinajstić information content (AvgIpc) is 3.19. The zero-order valence-corrected chi connectivity index (χ0v) is 21.2. The summed E-state index contributed by atoms with van der Waals surface area (Å²) in [7, 11) is 3.06. The molecule has 0 fully saturated rings. The Labute approximate surface area is 215 Å². The first kappa shape index (κ1) is 25.4. The number of fused-ring (bicyclic) bond motifs is 1. The lowest BCUT2D eigenvalue weighted by atomic mass is 9.91. The Bertz CT molecular complexity index is 1280. The van der Waals surface area contributed by atoms with Gasteiger partial charge in [0.1, 0.15) is 17.9 Å². The third-order valence-corrected chi connectivity index (χ3v) is 6.42. The summed E-state index contributed by atoms with van der Waals surface area (Å²) in [6.45, 7) is 1.64. The van der Waals surface area contributed by atoms with Crippen LogP contribution in [0.4, 0.5) is 0 Å². The van der Waals surface area contributed by atoms with E-state index in [4.69, 9.17) is 25.8 Å². The smallest absolute Gasteiger partial charge is 0.323 e. The van der Waals surface area contributed by atoms with Crippen LogP contribution in [-0.4, -0.2) is 48.2 Å². The van der Waals surface area contributed by atoms with Crippen molar-refractivity contribution >= 4 is 23.5 Å². The number of methoxy groups -OCH3 is 2. The minimum Gasteiger partial charge on any atom is -0.496 e. The highest BCUT2D eigenvalue weighted by Gasteiger charge is 2.38. The molecule has 0 radical (unpaired) electrons. The molecule has 1 N–H and O–H groups in total. The Kier molecular flexibility index (Phi) is 7.40. The Morgan fingerprint density at radius 1 is 1.06 bits per heavy atom. The number of ether oxygens (including phenoxy) is 3. The number of rotatable bonds is 9. The number of carbonyl (C=O) groups excluding carboxylic acids is 1. The predicted octanol–water partition coefficient (Wildman–Crippen LogP) is 5.02. The van der Waals surface area contributed by atoms with E-state index in [0.717, 1.165) is 11.1 Å². The van der Waals surface area contributed by atoms with Crippen molar-refractivity contribution in [3.63, 3.8) is 0 Å². The second kappa shape index (κ2) is 10.5. The van der Waals surface area contributed by atoms with Gasteiger partial charge in [0.05, 0.1) is 20.8 Å². The van der Waals surface area contributed by atoms with Crippen molar-refractivity contribution in [1.29, 1.82) is 0 Å². The van der Waals surface area contributed by atoms with Crippen LogP contribution in [0, 0.1) is 0 Å². The molecule has 8 heteroatoms. The Morgan fingerprint density at radius 2 is 1.75 bits per heavy atom. The molecule has 0 aliphatic carbocycles. The summed E-state index contributed by atoms with van der Waals surface area (Å²) in [4.78, 5) is 26.4. The van der Waals surface area contributed by atoms with Gasteiger partial charge < -0.3 is 24.2 Å². The summed E-state index contributed by atoms with van der Waals surface area (Å²) >= 11 is 6.02. The number of nitrogens with zero attached hydrogens (tertiary/aromatic N) is 1. The molecule has 188 valence electrons. The van der Waals surface area contributed by atoms with E-state index in [1.165, 1.54) is 19.1 Å². The average molecular weight is 510 g/mol. The fourth-order valence-electron chi connectivity index (χ4n) is 4.58. The lowest BCUT2D eigenvalue weighted by Crippen LogP contribution is -2.35. The highest BCUT2D eigenvalue weighted by atomic mass is 35.5. The van der Waals surface area contributed by atoms with Crippen molar-refractivity contribution in [2.75, 3.05) is 20.8 Å². The molecule has 0 aromatic heterocycles. The topological polar surface area (TPSA) is 85.3 Å². The Morgan fingerprint density at radius 3 is 2.42 bits per heavy atom. The summed E-state index contributed by atoms with van der Waals surface area (Å²) in [5.74, 6) is 0.0859. The largest absolute Gasteiger partial charge is 0.496 e. The van der Waals surface area contributed by atoms with Crippen molar-refractivity contribution < 1.29 is 28.9 Å². The van der Waals surface area contributed by atoms with E-state index in [1.807, 2.05) is 43.3 Å². The molecule has 1 amide bonds. The molecule has 0 saturated carbocycles. The predicted molar refractivity (Wildman–Crippen MR) is 136 cm³/mol. The van der Waals surface area contributed by atoms with E-state index in [1.54, 1.807) is 24.3 Å². The van der Waals surface area contributed by atoms with E-state index in [9.17, 15) is 14.7 Å². The monoisotopic (exact) mass is 509 g/mol. The van der Waals surface area contributed by atoms with Gasteiger partial charge in [-0.25, -0.2) is 0 Å². The zero-order chi connectivity index (χ0) is 25.9. The number of para-hydroxylation sites is 1. The lowest BCUT2D eigenvalue weighted by molar-refractivity contribution is -0.137. The van der Waals surface area contributed by atoms with Gasteiger partial charge in [0, 0.05) is 34.6 Å². The molecular formula is C28H28ClNO6. The van der Waals surface area contributed by atoms with Crippen LogP contribution >= 0.6 is 11.6 Å². The second-order valence-electron chi connectivity index (χ2n) is 9.07. The molecule has 1 heterocycles. The molecule has 0 saturated heterocycles. The van der Waals surface area contributed by atoms with Crippen LogP contribution in [-0.2, 0) is 24.2 Å². The van der Waals surface area contributed by atoms with Gasteiger partial charge in [0.2, 0.25) is 0 Å². The first-order valence-corrected chi connectivity index (χ1v) is 11.9. The van der Waals surface area contributed by atoms with Crippen LogP contribution < -0.4 is 14.2 Å². The van der Waals surface area contributed by atoms with Gasteiger partial charge in [-0.2, -0.15) is 0 Å². The van der Waals surface area contributed by atoms with Crippen molar-refractivity contribution in [3.8, 4) is 17.2 Å². The number of carboxylic acid groups (broad SMARTS) is 1. The maximum Gasteiger partial charge on any atom is 0.323 e. The molecule has 0 unspecified atom stereocenters. The van der Waals surface area contributed by atoms with Crippen LogP contribution in [0.1, 0.15) is 34.0 Å². The summed E-state index contributed by atoms with van der Waals surface area (Å²) in [5.41, 5.74) is 2.42. The molecule has 3 aromatic rings.